The van der Waals surface area contributed by atoms with Gasteiger partial charge >= 0.3 is 5.97 Å². The number of rotatable bonds is 3. The van der Waals surface area contributed by atoms with Crippen molar-refractivity contribution >= 4 is 17.0 Å². The molecule has 19 heavy (non-hydrogen) atoms. The third-order valence-electron chi connectivity index (χ3n) is 3.41. The van der Waals surface area contributed by atoms with Crippen LogP contribution in [-0.4, -0.2) is 38.8 Å². The number of carbonyl (C=O) groups is 1. The van der Waals surface area contributed by atoms with E-state index in [-0.39, 0.29) is 11.7 Å². The van der Waals surface area contributed by atoms with E-state index in [1.54, 1.807) is 22.9 Å². The number of fused-ring (bicyclic) bond motifs is 1. The van der Waals surface area contributed by atoms with E-state index in [1.807, 2.05) is 0 Å². The minimum absolute atomic E-state index is 0.145. The molecule has 0 bridgehead atoms. The summed E-state index contributed by atoms with van der Waals surface area (Å²) in [5.74, 6) is -0.941. The molecule has 2 heterocycles. The van der Waals surface area contributed by atoms with Gasteiger partial charge in [-0.15, -0.1) is 5.10 Å². The maximum Gasteiger partial charge on any atom is 0.335 e. The van der Waals surface area contributed by atoms with Gasteiger partial charge in [0, 0.05) is 6.61 Å². The summed E-state index contributed by atoms with van der Waals surface area (Å²) in [6.07, 6.45) is 3.43. The molecule has 0 amide bonds. The second kappa shape index (κ2) is 4.97. The molecule has 2 aromatic rings. The number of carboxylic acid groups (broad SMARTS) is 1. The van der Waals surface area contributed by atoms with Gasteiger partial charge in [-0.2, -0.15) is 0 Å². The molecule has 1 aliphatic heterocycles. The maximum atomic E-state index is 11.0. The highest BCUT2D eigenvalue weighted by Gasteiger charge is 2.17. The highest BCUT2D eigenvalue weighted by Crippen LogP contribution is 2.18. The Bertz CT molecular complexity index is 602. The Kier molecular flexibility index (Phi) is 3.16. The normalized spacial score (nSPS) is 19.7. The van der Waals surface area contributed by atoms with Gasteiger partial charge in [0.25, 0.3) is 0 Å². The summed E-state index contributed by atoms with van der Waals surface area (Å²) in [5.41, 5.74) is 1.70. The van der Waals surface area contributed by atoms with Crippen LogP contribution in [0.15, 0.2) is 18.2 Å². The quantitative estimate of drug-likeness (QED) is 0.909. The number of benzene rings is 1. The lowest BCUT2D eigenvalue weighted by atomic mass is 10.1. The third-order valence-corrected chi connectivity index (χ3v) is 3.41. The summed E-state index contributed by atoms with van der Waals surface area (Å²) in [6, 6.07) is 4.84. The van der Waals surface area contributed by atoms with E-state index in [0.29, 0.717) is 12.1 Å². The lowest BCUT2D eigenvalue weighted by molar-refractivity contribution is 0.00443. The monoisotopic (exact) mass is 261 g/mol. The van der Waals surface area contributed by atoms with E-state index in [9.17, 15) is 4.79 Å². The number of aromatic carboxylic acids is 1. The van der Waals surface area contributed by atoms with E-state index >= 15 is 0 Å². The zero-order valence-electron chi connectivity index (χ0n) is 10.5. The molecule has 1 N–H and O–H groups in total. The highest BCUT2D eigenvalue weighted by atomic mass is 16.5. The molecule has 1 aliphatic rings. The molecule has 3 rings (SSSR count). The number of nitrogens with zero attached hydrogens (tertiary/aromatic N) is 3. The van der Waals surface area contributed by atoms with Crippen LogP contribution in [0.25, 0.3) is 11.0 Å². The molecule has 6 heteroatoms. The molecule has 0 saturated carbocycles. The number of ether oxygens (including phenoxy) is 1. The second-order valence-electron chi connectivity index (χ2n) is 4.77. The van der Waals surface area contributed by atoms with Gasteiger partial charge in [-0.3, -0.25) is 0 Å². The van der Waals surface area contributed by atoms with Gasteiger partial charge < -0.3 is 9.84 Å². The van der Waals surface area contributed by atoms with Crippen LogP contribution in [0.3, 0.4) is 0 Å². The summed E-state index contributed by atoms with van der Waals surface area (Å²) < 4.78 is 7.41. The van der Waals surface area contributed by atoms with Gasteiger partial charge in [-0.05, 0) is 37.5 Å². The average Bonchev–Trinajstić information content (AvgIpc) is 2.82. The average molecular weight is 261 g/mol. The molecule has 0 aliphatic carbocycles. The van der Waals surface area contributed by atoms with Crippen molar-refractivity contribution in [3.05, 3.63) is 23.8 Å². The van der Waals surface area contributed by atoms with Crippen molar-refractivity contribution in [3.63, 3.8) is 0 Å². The zero-order chi connectivity index (χ0) is 13.2. The first-order valence-electron chi connectivity index (χ1n) is 6.42. The highest BCUT2D eigenvalue weighted by molar-refractivity contribution is 5.92. The standard InChI is InChI=1S/C13H15N3O3/c17-13(18)9-4-5-11-12(7-9)16(15-14-11)8-10-3-1-2-6-19-10/h4-5,7,10H,1-3,6,8H2,(H,17,18). The Morgan fingerprint density at radius 3 is 3.11 bits per heavy atom. The van der Waals surface area contributed by atoms with Crippen LogP contribution in [0.2, 0.25) is 0 Å². The lowest BCUT2D eigenvalue weighted by Crippen LogP contribution is -2.25. The fourth-order valence-corrected chi connectivity index (χ4v) is 2.38. The SMILES string of the molecule is O=C(O)c1ccc2nnn(CC3CCCCO3)c2c1. The summed E-state index contributed by atoms with van der Waals surface area (Å²) in [7, 11) is 0. The number of hydrogen-bond acceptors (Lipinski definition) is 4. The van der Waals surface area contributed by atoms with Gasteiger partial charge in [0.05, 0.1) is 23.7 Å². The van der Waals surface area contributed by atoms with Gasteiger partial charge in [0.1, 0.15) is 5.52 Å². The number of aromatic nitrogens is 3. The summed E-state index contributed by atoms with van der Waals surface area (Å²) in [6.45, 7) is 1.41. The molecule has 100 valence electrons. The molecule has 1 saturated heterocycles. The van der Waals surface area contributed by atoms with Gasteiger partial charge in [0.15, 0.2) is 0 Å². The van der Waals surface area contributed by atoms with Gasteiger partial charge in [-0.25, -0.2) is 9.48 Å². The largest absolute Gasteiger partial charge is 0.478 e. The first-order valence-corrected chi connectivity index (χ1v) is 6.42. The fourth-order valence-electron chi connectivity index (χ4n) is 2.38. The van der Waals surface area contributed by atoms with E-state index < -0.39 is 5.97 Å². The Labute approximate surface area is 110 Å². The van der Waals surface area contributed by atoms with E-state index in [4.69, 9.17) is 9.84 Å². The Morgan fingerprint density at radius 2 is 2.37 bits per heavy atom. The van der Waals surface area contributed by atoms with Crippen molar-refractivity contribution in [1.82, 2.24) is 15.0 Å². The Hall–Kier alpha value is -1.95. The maximum absolute atomic E-state index is 11.0. The lowest BCUT2D eigenvalue weighted by Gasteiger charge is -2.22. The first-order chi connectivity index (χ1) is 9.24. The molecule has 6 nitrogen and oxygen atoms in total. The van der Waals surface area contributed by atoms with Crippen molar-refractivity contribution in [3.8, 4) is 0 Å². The van der Waals surface area contributed by atoms with Crippen molar-refractivity contribution in [2.45, 2.75) is 31.9 Å². The van der Waals surface area contributed by atoms with Crippen molar-refractivity contribution in [1.29, 1.82) is 0 Å². The molecule has 1 fully saturated rings. The fraction of sp³-hybridized carbons (Fsp3) is 0.462. The molecule has 1 aromatic carbocycles. The van der Waals surface area contributed by atoms with Gasteiger partial charge in [0.2, 0.25) is 0 Å². The van der Waals surface area contributed by atoms with Crippen LogP contribution in [0, 0.1) is 0 Å². The second-order valence-corrected chi connectivity index (χ2v) is 4.77. The van der Waals surface area contributed by atoms with E-state index in [0.717, 1.165) is 31.4 Å². The van der Waals surface area contributed by atoms with E-state index in [1.165, 1.54) is 0 Å². The predicted octanol–water partition coefficient (Wildman–Crippen LogP) is 1.70. The predicted molar refractivity (Wildman–Crippen MR) is 68.1 cm³/mol. The third kappa shape index (κ3) is 2.44. The molecule has 0 spiro atoms. The van der Waals surface area contributed by atoms with Crippen molar-refractivity contribution < 1.29 is 14.6 Å². The van der Waals surface area contributed by atoms with Gasteiger partial charge in [-0.1, -0.05) is 5.21 Å². The Morgan fingerprint density at radius 1 is 1.47 bits per heavy atom. The zero-order valence-corrected chi connectivity index (χ0v) is 10.5. The molecule has 0 radical (unpaired) electrons. The van der Waals surface area contributed by atoms with Crippen LogP contribution in [0.5, 0.6) is 0 Å². The Balaban J connectivity index is 1.89. The van der Waals surface area contributed by atoms with Crippen LogP contribution in [0.4, 0.5) is 0 Å². The molecular weight excluding hydrogens is 246 g/mol. The van der Waals surface area contributed by atoms with Crippen molar-refractivity contribution in [2.75, 3.05) is 6.61 Å². The van der Waals surface area contributed by atoms with Crippen LogP contribution in [-0.2, 0) is 11.3 Å². The van der Waals surface area contributed by atoms with E-state index in [2.05, 4.69) is 10.3 Å². The minimum atomic E-state index is -0.941. The molecular formula is C13H15N3O3. The van der Waals surface area contributed by atoms with Crippen LogP contribution in [0.1, 0.15) is 29.6 Å². The smallest absolute Gasteiger partial charge is 0.335 e. The number of carboxylic acids is 1. The summed E-state index contributed by atoms with van der Waals surface area (Å²) in [4.78, 5) is 11.0. The molecule has 1 atom stereocenters. The molecule has 1 aromatic heterocycles. The summed E-state index contributed by atoms with van der Waals surface area (Å²) in [5, 5.41) is 17.2. The first kappa shape index (κ1) is 12.1. The molecule has 1 unspecified atom stereocenters. The van der Waals surface area contributed by atoms with Crippen LogP contribution < -0.4 is 0 Å². The van der Waals surface area contributed by atoms with Crippen LogP contribution >= 0.6 is 0 Å². The minimum Gasteiger partial charge on any atom is -0.478 e. The van der Waals surface area contributed by atoms with Crippen molar-refractivity contribution in [2.24, 2.45) is 0 Å². The topological polar surface area (TPSA) is 77.2 Å². The summed E-state index contributed by atoms with van der Waals surface area (Å²) >= 11 is 0. The number of hydrogen-bond donors (Lipinski definition) is 1.